The maximum atomic E-state index is 10.2. The van der Waals surface area contributed by atoms with Gasteiger partial charge < -0.3 is 9.94 Å². The van der Waals surface area contributed by atoms with Crippen molar-refractivity contribution in [3.05, 3.63) is 0 Å². The van der Waals surface area contributed by atoms with Crippen molar-refractivity contribution in [1.29, 1.82) is 0 Å². The van der Waals surface area contributed by atoms with Crippen LogP contribution in [0.1, 0.15) is 0 Å². The number of carboxylic acid groups (broad SMARTS) is 1. The molecule has 6 heteroatoms. The van der Waals surface area contributed by atoms with Crippen molar-refractivity contribution in [2.75, 3.05) is 6.54 Å². The van der Waals surface area contributed by atoms with Gasteiger partial charge in [0.1, 0.15) is 6.54 Å². The van der Waals surface area contributed by atoms with Gasteiger partial charge in [-0.1, -0.05) is 5.59 Å². The fourth-order valence-electron chi connectivity index (χ4n) is 0.406. The molecule has 1 heterocycles. The molecule has 0 atom stereocenters. The van der Waals surface area contributed by atoms with Crippen LogP contribution in [0.2, 0.25) is 0 Å². The topological polar surface area (TPSA) is 78.9 Å². The fraction of sp³-hybridized carbons (Fsp3) is 0.333. The van der Waals surface area contributed by atoms with Crippen molar-refractivity contribution in [2.45, 2.75) is 0 Å². The molecule has 0 unspecified atom stereocenters. The molecular weight excluding hydrogens is 128 g/mol. The summed E-state index contributed by atoms with van der Waals surface area (Å²) in [5.41, 5.74) is 1.89. The van der Waals surface area contributed by atoms with E-state index < -0.39 is 12.1 Å². The maximum absolute atomic E-state index is 10.2. The number of hydrazine groups is 1. The number of carbonyl (C=O) groups is 2. The maximum Gasteiger partial charge on any atom is 0.424 e. The second-order valence-corrected chi connectivity index (χ2v) is 1.43. The second-order valence-electron chi connectivity index (χ2n) is 1.43. The summed E-state index contributed by atoms with van der Waals surface area (Å²) in [4.78, 5) is 24.2. The van der Waals surface area contributed by atoms with E-state index in [9.17, 15) is 9.59 Å². The molecule has 1 rings (SSSR count). The first-order valence-corrected chi connectivity index (χ1v) is 2.16. The number of hydrogen-bond acceptors (Lipinski definition) is 4. The van der Waals surface area contributed by atoms with E-state index in [0.717, 1.165) is 0 Å². The number of nitrogens with zero attached hydrogens (tertiary/aromatic N) is 1. The van der Waals surface area contributed by atoms with Gasteiger partial charge in [0.05, 0.1) is 0 Å². The van der Waals surface area contributed by atoms with Gasteiger partial charge >= 0.3 is 12.1 Å². The minimum atomic E-state index is -1.24. The molecular formula is C3H4N2O4. The van der Waals surface area contributed by atoms with E-state index in [1.165, 1.54) is 0 Å². The average molecular weight is 132 g/mol. The summed E-state index contributed by atoms with van der Waals surface area (Å²) in [5, 5.41) is 8.80. The van der Waals surface area contributed by atoms with Crippen LogP contribution in [-0.4, -0.2) is 28.7 Å². The van der Waals surface area contributed by atoms with Crippen molar-refractivity contribution >= 4 is 12.1 Å². The van der Waals surface area contributed by atoms with Gasteiger partial charge in [0, 0.05) is 0 Å². The van der Waals surface area contributed by atoms with E-state index in [4.69, 9.17) is 5.11 Å². The summed E-state index contributed by atoms with van der Waals surface area (Å²) in [5.74, 6) is -0.600. The molecule has 6 nitrogen and oxygen atoms in total. The van der Waals surface area contributed by atoms with Gasteiger partial charge in [0.25, 0.3) is 0 Å². The first-order chi connectivity index (χ1) is 4.20. The Morgan fingerprint density at radius 1 is 1.89 bits per heavy atom. The van der Waals surface area contributed by atoms with E-state index in [1.807, 2.05) is 5.59 Å². The SMILES string of the molecule is O=C1CN(C(=O)O)NO1. The second kappa shape index (κ2) is 1.90. The van der Waals surface area contributed by atoms with Gasteiger partial charge in [-0.15, -0.1) is 0 Å². The fourth-order valence-corrected chi connectivity index (χ4v) is 0.406. The lowest BCUT2D eigenvalue weighted by molar-refractivity contribution is -0.143. The third kappa shape index (κ3) is 1.08. The van der Waals surface area contributed by atoms with Crippen LogP contribution in [0, 0.1) is 0 Å². The highest BCUT2D eigenvalue weighted by molar-refractivity contribution is 5.78. The molecule has 50 valence electrons. The predicted molar refractivity (Wildman–Crippen MR) is 24.0 cm³/mol. The first kappa shape index (κ1) is 5.83. The van der Waals surface area contributed by atoms with Crippen LogP contribution >= 0.6 is 0 Å². The van der Waals surface area contributed by atoms with E-state index in [-0.39, 0.29) is 6.54 Å². The Hall–Kier alpha value is -1.30. The molecule has 0 aromatic carbocycles. The summed E-state index contributed by atoms with van der Waals surface area (Å²) < 4.78 is 0. The quantitative estimate of drug-likeness (QED) is 0.439. The van der Waals surface area contributed by atoms with Gasteiger partial charge in [-0.25, -0.2) is 9.59 Å². The van der Waals surface area contributed by atoms with Crippen molar-refractivity contribution in [1.82, 2.24) is 10.6 Å². The molecule has 0 aromatic rings. The van der Waals surface area contributed by atoms with Crippen molar-refractivity contribution in [2.24, 2.45) is 0 Å². The average Bonchev–Trinajstić information content (AvgIpc) is 2.14. The zero-order valence-corrected chi connectivity index (χ0v) is 4.33. The third-order valence-corrected chi connectivity index (χ3v) is 0.788. The summed E-state index contributed by atoms with van der Waals surface area (Å²) in [7, 11) is 0. The number of nitrogens with one attached hydrogen (secondary N) is 1. The lowest BCUT2D eigenvalue weighted by Crippen LogP contribution is -2.34. The number of rotatable bonds is 0. The standard InChI is InChI=1S/C3H4N2O4/c6-2-1-5(3(7)8)4-9-2/h4H,1H2,(H,7,8). The van der Waals surface area contributed by atoms with Gasteiger partial charge in [0.15, 0.2) is 0 Å². The normalized spacial score (nSPS) is 17.8. The van der Waals surface area contributed by atoms with Gasteiger partial charge in [0.2, 0.25) is 0 Å². The lowest BCUT2D eigenvalue weighted by Gasteiger charge is -2.03. The van der Waals surface area contributed by atoms with Crippen LogP contribution in [-0.2, 0) is 9.63 Å². The van der Waals surface area contributed by atoms with Crippen molar-refractivity contribution < 1.29 is 19.5 Å². The van der Waals surface area contributed by atoms with E-state index in [2.05, 4.69) is 4.84 Å². The van der Waals surface area contributed by atoms with Crippen LogP contribution in [0.3, 0.4) is 0 Å². The van der Waals surface area contributed by atoms with Crippen LogP contribution in [0.25, 0.3) is 0 Å². The van der Waals surface area contributed by atoms with Crippen LogP contribution in [0.5, 0.6) is 0 Å². The summed E-state index contributed by atoms with van der Waals surface area (Å²) >= 11 is 0. The Labute approximate surface area is 49.9 Å². The molecule has 1 aliphatic rings. The molecule has 2 N–H and O–H groups in total. The van der Waals surface area contributed by atoms with Crippen LogP contribution < -0.4 is 5.59 Å². The molecule has 0 spiro atoms. The van der Waals surface area contributed by atoms with Crippen molar-refractivity contribution in [3.63, 3.8) is 0 Å². The molecule has 0 saturated carbocycles. The molecule has 1 aliphatic heterocycles. The molecule has 1 fully saturated rings. The first-order valence-electron chi connectivity index (χ1n) is 2.16. The number of carbonyl (C=O) groups excluding carboxylic acids is 1. The Bertz CT molecular complexity index is 156. The summed E-state index contributed by atoms with van der Waals surface area (Å²) in [6.07, 6.45) is -1.24. The lowest BCUT2D eigenvalue weighted by atomic mass is 10.7. The third-order valence-electron chi connectivity index (χ3n) is 0.788. The molecule has 1 amide bonds. The molecule has 0 aromatic heterocycles. The van der Waals surface area contributed by atoms with Crippen LogP contribution in [0.4, 0.5) is 4.79 Å². The monoisotopic (exact) mass is 132 g/mol. The minimum Gasteiger partial charge on any atom is -0.464 e. The molecule has 0 aliphatic carbocycles. The van der Waals surface area contributed by atoms with Crippen molar-refractivity contribution in [3.8, 4) is 0 Å². The Morgan fingerprint density at radius 2 is 2.56 bits per heavy atom. The highest BCUT2D eigenvalue weighted by Gasteiger charge is 2.24. The van der Waals surface area contributed by atoms with Crippen LogP contribution in [0.15, 0.2) is 0 Å². The summed E-state index contributed by atoms with van der Waals surface area (Å²) in [6, 6.07) is 0. The molecule has 0 bridgehead atoms. The van der Waals surface area contributed by atoms with Gasteiger partial charge in [-0.05, 0) is 0 Å². The molecule has 9 heavy (non-hydrogen) atoms. The van der Waals surface area contributed by atoms with Gasteiger partial charge in [-0.2, -0.15) is 5.01 Å². The molecule has 0 radical (unpaired) electrons. The number of amides is 1. The molecule has 1 saturated heterocycles. The highest BCUT2D eigenvalue weighted by atomic mass is 16.7. The Kier molecular flexibility index (Phi) is 1.23. The van der Waals surface area contributed by atoms with E-state index >= 15 is 0 Å². The largest absolute Gasteiger partial charge is 0.464 e. The predicted octanol–water partition coefficient (Wildman–Crippen LogP) is -1.06. The highest BCUT2D eigenvalue weighted by Crippen LogP contribution is 1.92. The minimum absolute atomic E-state index is 0.255. The Morgan fingerprint density at radius 3 is 2.78 bits per heavy atom. The van der Waals surface area contributed by atoms with E-state index in [1.54, 1.807) is 0 Å². The smallest absolute Gasteiger partial charge is 0.424 e. The van der Waals surface area contributed by atoms with Gasteiger partial charge in [-0.3, -0.25) is 0 Å². The van der Waals surface area contributed by atoms with E-state index in [0.29, 0.717) is 5.01 Å². The summed E-state index contributed by atoms with van der Waals surface area (Å²) in [6.45, 7) is -0.255. The number of hydrogen-bond donors (Lipinski definition) is 2. The zero-order valence-electron chi connectivity index (χ0n) is 4.33. The Balaban J connectivity index is 2.48. The zero-order chi connectivity index (χ0) is 6.85.